The molecule has 0 bridgehead atoms. The Hall–Kier alpha value is -0.870. The highest BCUT2D eigenvalue weighted by Crippen LogP contribution is 2.20. The summed E-state index contributed by atoms with van der Waals surface area (Å²) in [5.74, 6) is 0. The number of rotatable bonds is 5. The van der Waals surface area contributed by atoms with Crippen LogP contribution in [0.15, 0.2) is 23.1 Å². The molecule has 1 rings (SSSR count). The Morgan fingerprint density at radius 3 is 2.47 bits per heavy atom. The van der Waals surface area contributed by atoms with Crippen molar-refractivity contribution in [3.8, 4) is 0 Å². The second kappa shape index (κ2) is 5.65. The van der Waals surface area contributed by atoms with Crippen LogP contribution >= 0.6 is 11.6 Å². The zero-order valence-corrected chi connectivity index (χ0v) is 11.4. The number of carbonyl (C=O) groups is 1. The number of carbonyl (C=O) groups excluding carboxylic acids is 1. The van der Waals surface area contributed by atoms with Crippen molar-refractivity contribution >= 4 is 26.7 Å². The van der Waals surface area contributed by atoms with Crippen molar-refractivity contribution in [2.45, 2.75) is 31.1 Å². The predicted octanol–water partition coefficient (Wildman–Crippen LogP) is 2.81. The van der Waals surface area contributed by atoms with Crippen LogP contribution in [-0.2, 0) is 16.3 Å². The fourth-order valence-corrected chi connectivity index (χ4v) is 2.70. The van der Waals surface area contributed by atoms with E-state index in [2.05, 4.69) is 0 Å². The first-order valence-electron chi connectivity index (χ1n) is 5.39. The third kappa shape index (κ3) is 3.82. The van der Waals surface area contributed by atoms with Gasteiger partial charge in [-0.15, -0.1) is 0 Å². The molecule has 0 atom stereocenters. The number of hydrogen-bond donors (Lipinski definition) is 0. The van der Waals surface area contributed by atoms with Crippen LogP contribution in [0.4, 0.5) is 0 Å². The zero-order chi connectivity index (χ0) is 13.1. The largest absolute Gasteiger partial charge is 0.276 e. The highest BCUT2D eigenvalue weighted by Gasteiger charge is 2.15. The number of benzene rings is 1. The lowest BCUT2D eigenvalue weighted by atomic mass is 10.1. The molecule has 0 saturated heterocycles. The van der Waals surface area contributed by atoms with Gasteiger partial charge in [0, 0.05) is 11.8 Å². The molecule has 17 heavy (non-hydrogen) atoms. The molecule has 0 N–H and O–H groups in total. The van der Waals surface area contributed by atoms with Crippen molar-refractivity contribution in [3.63, 3.8) is 0 Å². The Morgan fingerprint density at radius 2 is 2.00 bits per heavy atom. The normalized spacial score (nSPS) is 11.5. The topological polar surface area (TPSA) is 51.2 Å². The van der Waals surface area contributed by atoms with Crippen LogP contribution in [0, 0.1) is 0 Å². The number of sulfone groups is 1. The average Bonchev–Trinajstić information content (AvgIpc) is 2.24. The zero-order valence-electron chi connectivity index (χ0n) is 9.86. The van der Waals surface area contributed by atoms with Crippen molar-refractivity contribution in [1.82, 2.24) is 0 Å². The molecule has 0 radical (unpaired) electrons. The molecule has 0 saturated carbocycles. The number of halogens is 1. The summed E-state index contributed by atoms with van der Waals surface area (Å²) in [6, 6.07) is 4.59. The fraction of sp³-hybridized carbons (Fsp3) is 0.417. The molecule has 0 heterocycles. The predicted molar refractivity (Wildman–Crippen MR) is 68.3 cm³/mol. The summed E-state index contributed by atoms with van der Waals surface area (Å²) in [5.41, 5.74) is 0.961. The lowest BCUT2D eigenvalue weighted by Gasteiger charge is -2.08. The summed E-state index contributed by atoms with van der Waals surface area (Å²) in [4.78, 5) is 11.2. The standard InChI is InChI=1S/C12H15ClO3S/c1-3-4-5-9-6-7-10(12(13)14)8-11(9)17(2,15)16/h6-8H,3-5H2,1-2H3. The van der Waals surface area contributed by atoms with Crippen LogP contribution in [0.5, 0.6) is 0 Å². The maximum absolute atomic E-state index is 11.6. The molecule has 0 aliphatic rings. The maximum atomic E-state index is 11.6. The molecule has 0 fully saturated rings. The first kappa shape index (κ1) is 14.2. The van der Waals surface area contributed by atoms with Gasteiger partial charge in [-0.2, -0.15) is 0 Å². The fourth-order valence-electron chi connectivity index (χ4n) is 1.60. The highest BCUT2D eigenvalue weighted by atomic mass is 35.5. The molecule has 3 nitrogen and oxygen atoms in total. The first-order chi connectivity index (χ1) is 7.86. The van der Waals surface area contributed by atoms with Crippen molar-refractivity contribution in [2.24, 2.45) is 0 Å². The van der Waals surface area contributed by atoms with Gasteiger partial charge in [0.25, 0.3) is 5.24 Å². The van der Waals surface area contributed by atoms with Gasteiger partial charge in [0.1, 0.15) is 0 Å². The quantitative estimate of drug-likeness (QED) is 0.776. The molecule has 1 aromatic carbocycles. The van der Waals surface area contributed by atoms with Crippen molar-refractivity contribution in [2.75, 3.05) is 6.26 Å². The van der Waals surface area contributed by atoms with Crippen molar-refractivity contribution in [1.29, 1.82) is 0 Å². The van der Waals surface area contributed by atoms with Crippen LogP contribution in [-0.4, -0.2) is 19.9 Å². The molecule has 94 valence electrons. The minimum Gasteiger partial charge on any atom is -0.276 e. The summed E-state index contributed by atoms with van der Waals surface area (Å²) in [7, 11) is -3.33. The SMILES string of the molecule is CCCCc1ccc(C(=O)Cl)cc1S(C)(=O)=O. The highest BCUT2D eigenvalue weighted by molar-refractivity contribution is 7.90. The summed E-state index contributed by atoms with van der Waals surface area (Å²) < 4.78 is 23.3. The van der Waals surface area contributed by atoms with Crippen LogP contribution in [0.25, 0.3) is 0 Å². The Balaban J connectivity index is 3.27. The Morgan fingerprint density at radius 1 is 1.35 bits per heavy atom. The third-order valence-electron chi connectivity index (χ3n) is 2.49. The number of aryl methyl sites for hydroxylation is 1. The number of hydrogen-bond acceptors (Lipinski definition) is 3. The number of unbranched alkanes of at least 4 members (excludes halogenated alkanes) is 1. The monoisotopic (exact) mass is 274 g/mol. The van der Waals surface area contributed by atoms with Crippen LogP contribution in [0.2, 0.25) is 0 Å². The van der Waals surface area contributed by atoms with Crippen molar-refractivity contribution < 1.29 is 13.2 Å². The smallest absolute Gasteiger partial charge is 0.252 e. The minimum atomic E-state index is -3.33. The van der Waals surface area contributed by atoms with Crippen LogP contribution < -0.4 is 0 Å². The average molecular weight is 275 g/mol. The second-order valence-electron chi connectivity index (χ2n) is 3.97. The van der Waals surface area contributed by atoms with Crippen LogP contribution in [0.1, 0.15) is 35.7 Å². The summed E-state index contributed by atoms with van der Waals surface area (Å²) in [6.07, 6.45) is 3.73. The third-order valence-corrected chi connectivity index (χ3v) is 3.89. The molecule has 0 aliphatic heterocycles. The van der Waals surface area contributed by atoms with Gasteiger partial charge in [0.15, 0.2) is 9.84 Å². The summed E-state index contributed by atoms with van der Waals surface area (Å²) >= 11 is 5.35. The van der Waals surface area contributed by atoms with E-state index in [1.54, 1.807) is 12.1 Å². The second-order valence-corrected chi connectivity index (χ2v) is 6.30. The van der Waals surface area contributed by atoms with Crippen molar-refractivity contribution in [3.05, 3.63) is 29.3 Å². The molecular weight excluding hydrogens is 260 g/mol. The Kier molecular flexibility index (Phi) is 4.71. The minimum absolute atomic E-state index is 0.206. The molecule has 0 aliphatic carbocycles. The van der Waals surface area contributed by atoms with Gasteiger partial charge in [-0.3, -0.25) is 4.79 Å². The van der Waals surface area contributed by atoms with E-state index < -0.39 is 15.1 Å². The lowest BCUT2D eigenvalue weighted by molar-refractivity contribution is 0.108. The van der Waals surface area contributed by atoms with Gasteiger partial charge < -0.3 is 0 Å². The molecule has 0 amide bonds. The maximum Gasteiger partial charge on any atom is 0.252 e. The molecule has 1 aromatic rings. The van der Waals surface area contributed by atoms with E-state index in [0.29, 0.717) is 6.42 Å². The Labute approximate surface area is 107 Å². The lowest BCUT2D eigenvalue weighted by Crippen LogP contribution is -2.05. The molecule has 0 aromatic heterocycles. The van der Waals surface area contributed by atoms with Gasteiger partial charge in [-0.05, 0) is 42.1 Å². The summed E-state index contributed by atoms with van der Waals surface area (Å²) in [6.45, 7) is 2.04. The van der Waals surface area contributed by atoms with E-state index in [1.165, 1.54) is 6.07 Å². The van der Waals surface area contributed by atoms with Crippen LogP contribution in [0.3, 0.4) is 0 Å². The van der Waals surface area contributed by atoms with Gasteiger partial charge >= 0.3 is 0 Å². The Bertz CT molecular complexity index is 521. The van der Waals surface area contributed by atoms with E-state index in [0.717, 1.165) is 24.7 Å². The van der Waals surface area contributed by atoms with E-state index in [9.17, 15) is 13.2 Å². The summed E-state index contributed by atoms with van der Waals surface area (Å²) in [5, 5.41) is -0.642. The molecule has 0 unspecified atom stereocenters. The van der Waals surface area contributed by atoms with E-state index >= 15 is 0 Å². The van der Waals surface area contributed by atoms with E-state index in [4.69, 9.17) is 11.6 Å². The van der Waals surface area contributed by atoms with Gasteiger partial charge in [0.05, 0.1) is 4.90 Å². The van der Waals surface area contributed by atoms with E-state index in [1.807, 2.05) is 6.92 Å². The van der Waals surface area contributed by atoms with E-state index in [-0.39, 0.29) is 10.5 Å². The first-order valence-corrected chi connectivity index (χ1v) is 7.66. The molecule has 0 spiro atoms. The van der Waals surface area contributed by atoms with Gasteiger partial charge in [-0.25, -0.2) is 8.42 Å². The molecule has 5 heteroatoms. The van der Waals surface area contributed by atoms with Gasteiger partial charge in [0.2, 0.25) is 0 Å². The van der Waals surface area contributed by atoms with Gasteiger partial charge in [-0.1, -0.05) is 19.4 Å². The molecular formula is C12H15ClO3S.